The second-order valence-electron chi connectivity index (χ2n) is 7.72. The zero-order valence-electron chi connectivity index (χ0n) is 15.0. The minimum atomic E-state index is -0.538. The number of fused-ring (bicyclic) bond motifs is 1. The first-order valence-electron chi connectivity index (χ1n) is 8.74. The van der Waals surface area contributed by atoms with Crippen molar-refractivity contribution in [3.05, 3.63) is 35.5 Å². The van der Waals surface area contributed by atoms with Crippen LogP contribution in [-0.4, -0.2) is 34.1 Å². The van der Waals surface area contributed by atoms with Gasteiger partial charge in [0.15, 0.2) is 0 Å². The zero-order chi connectivity index (χ0) is 17.2. The third kappa shape index (κ3) is 5.03. The lowest BCUT2D eigenvalue weighted by Crippen LogP contribution is -2.20. The fourth-order valence-electron chi connectivity index (χ4n) is 3.51. The van der Waals surface area contributed by atoms with Crippen LogP contribution in [0.4, 0.5) is 0 Å². The van der Waals surface area contributed by atoms with Crippen LogP contribution in [0.15, 0.2) is 35.5 Å². The molecule has 0 spiro atoms. The number of allylic oxidation sites excluding steroid dienone is 2. The topological polar surface area (TPSA) is 53.0 Å². The monoisotopic (exact) mass is 320 g/mol. The predicted octanol–water partition coefficient (Wildman–Crippen LogP) is 3.91. The molecule has 1 saturated heterocycles. The van der Waals surface area contributed by atoms with Gasteiger partial charge in [-0.2, -0.15) is 0 Å². The zero-order valence-corrected chi connectivity index (χ0v) is 15.0. The number of aliphatic hydroxyl groups is 2. The molecule has 0 bridgehead atoms. The van der Waals surface area contributed by atoms with Crippen LogP contribution in [-0.2, 0) is 4.74 Å². The fraction of sp³-hybridized carbons (Fsp3) is 0.700. The number of epoxide rings is 1. The van der Waals surface area contributed by atoms with Crippen molar-refractivity contribution in [1.29, 1.82) is 0 Å². The maximum Gasteiger partial charge on any atom is 0.0923 e. The summed E-state index contributed by atoms with van der Waals surface area (Å²) in [7, 11) is 0. The minimum Gasteiger partial charge on any atom is -0.389 e. The average molecular weight is 320 g/mol. The molecule has 3 nitrogen and oxygen atoms in total. The summed E-state index contributed by atoms with van der Waals surface area (Å²) in [4.78, 5) is 0. The van der Waals surface area contributed by atoms with Gasteiger partial charge in [0, 0.05) is 0 Å². The van der Waals surface area contributed by atoms with Crippen molar-refractivity contribution >= 4 is 0 Å². The van der Waals surface area contributed by atoms with Crippen LogP contribution in [0.25, 0.3) is 0 Å². The molecule has 2 N–H and O–H groups in total. The quantitative estimate of drug-likeness (QED) is 0.569. The van der Waals surface area contributed by atoms with Gasteiger partial charge in [0.2, 0.25) is 0 Å². The molecule has 0 radical (unpaired) electrons. The number of ether oxygens (including phenoxy) is 1. The summed E-state index contributed by atoms with van der Waals surface area (Å²) in [5.74, 6) is 0.248. The summed E-state index contributed by atoms with van der Waals surface area (Å²) in [6, 6.07) is 0. The molecule has 130 valence electrons. The van der Waals surface area contributed by atoms with E-state index < -0.39 is 12.2 Å². The Labute approximate surface area is 140 Å². The average Bonchev–Trinajstić information content (AvgIpc) is 3.06. The van der Waals surface area contributed by atoms with E-state index in [4.69, 9.17) is 4.74 Å². The summed E-state index contributed by atoms with van der Waals surface area (Å²) >= 11 is 0. The SMILES string of the molecule is C=C(C)[C@@H]1C[C@H](O)/C(C)=C\[C@H](O)C/C(C)=C\CC[C@]2(C)O[C@@H]2C1. The summed E-state index contributed by atoms with van der Waals surface area (Å²) < 4.78 is 5.96. The summed E-state index contributed by atoms with van der Waals surface area (Å²) in [6.45, 7) is 12.3. The van der Waals surface area contributed by atoms with E-state index >= 15 is 0 Å². The molecule has 23 heavy (non-hydrogen) atoms. The van der Waals surface area contributed by atoms with Crippen LogP contribution < -0.4 is 0 Å². The van der Waals surface area contributed by atoms with E-state index in [1.165, 1.54) is 5.57 Å². The standard InChI is InChI=1S/C20H32O3/c1-13(2)16-11-18(22)15(4)10-17(21)9-14(3)7-6-8-20(5)19(12-16)23-20/h7,10,16-19,21-22H,1,6,8-9,11-12H2,2-5H3/b14-7-,15-10-/t16-,17-,18+,19-,20+/m1/s1. The lowest BCUT2D eigenvalue weighted by Gasteiger charge is -2.22. The van der Waals surface area contributed by atoms with E-state index in [2.05, 4.69) is 26.5 Å². The molecule has 0 aromatic carbocycles. The lowest BCUT2D eigenvalue weighted by molar-refractivity contribution is 0.171. The summed E-state index contributed by atoms with van der Waals surface area (Å²) in [6.07, 6.45) is 7.36. The molecule has 5 atom stereocenters. The highest BCUT2D eigenvalue weighted by Gasteiger charge is 2.51. The first-order valence-corrected chi connectivity index (χ1v) is 8.74. The van der Waals surface area contributed by atoms with Gasteiger partial charge < -0.3 is 14.9 Å². The molecule has 1 aliphatic carbocycles. The van der Waals surface area contributed by atoms with E-state index in [-0.39, 0.29) is 17.6 Å². The van der Waals surface area contributed by atoms with Crippen LogP contribution in [0.5, 0.6) is 0 Å². The molecule has 1 fully saturated rings. The van der Waals surface area contributed by atoms with Gasteiger partial charge in [-0.15, -0.1) is 0 Å². The normalized spacial score (nSPS) is 44.1. The second-order valence-corrected chi connectivity index (χ2v) is 7.72. The van der Waals surface area contributed by atoms with Crippen molar-refractivity contribution in [2.45, 2.75) is 83.7 Å². The second kappa shape index (κ2) is 7.33. The van der Waals surface area contributed by atoms with Gasteiger partial charge in [0.05, 0.1) is 23.9 Å². The minimum absolute atomic E-state index is 0.0386. The van der Waals surface area contributed by atoms with Crippen molar-refractivity contribution in [3.8, 4) is 0 Å². The molecule has 0 unspecified atom stereocenters. The molecule has 0 aromatic heterocycles. The smallest absolute Gasteiger partial charge is 0.0923 e. The van der Waals surface area contributed by atoms with E-state index in [1.807, 2.05) is 13.8 Å². The Balaban J connectivity index is 2.18. The Hall–Kier alpha value is -0.900. The van der Waals surface area contributed by atoms with Crippen molar-refractivity contribution in [3.63, 3.8) is 0 Å². The van der Waals surface area contributed by atoms with Crippen LogP contribution in [0.1, 0.15) is 59.8 Å². The van der Waals surface area contributed by atoms with Crippen molar-refractivity contribution in [1.82, 2.24) is 0 Å². The van der Waals surface area contributed by atoms with Crippen molar-refractivity contribution in [2.75, 3.05) is 0 Å². The molecule has 0 amide bonds. The highest BCUT2D eigenvalue weighted by molar-refractivity contribution is 5.14. The van der Waals surface area contributed by atoms with Gasteiger partial charge in [-0.25, -0.2) is 0 Å². The summed E-state index contributed by atoms with van der Waals surface area (Å²) in [5, 5.41) is 20.7. The largest absolute Gasteiger partial charge is 0.389 e. The highest BCUT2D eigenvalue weighted by atomic mass is 16.6. The summed E-state index contributed by atoms with van der Waals surface area (Å²) in [5.41, 5.74) is 3.09. The molecule has 2 rings (SSSR count). The van der Waals surface area contributed by atoms with Gasteiger partial charge in [-0.3, -0.25) is 0 Å². The van der Waals surface area contributed by atoms with E-state index in [0.717, 1.165) is 30.4 Å². The molecule has 2 aliphatic rings. The highest BCUT2D eigenvalue weighted by Crippen LogP contribution is 2.45. The lowest BCUT2D eigenvalue weighted by atomic mass is 9.85. The maximum absolute atomic E-state index is 10.5. The number of hydrogen-bond acceptors (Lipinski definition) is 3. The Morgan fingerprint density at radius 3 is 2.65 bits per heavy atom. The fourth-order valence-corrected chi connectivity index (χ4v) is 3.51. The Morgan fingerprint density at radius 1 is 1.30 bits per heavy atom. The Bertz CT molecular complexity index is 505. The van der Waals surface area contributed by atoms with Crippen LogP contribution >= 0.6 is 0 Å². The van der Waals surface area contributed by atoms with Crippen LogP contribution in [0, 0.1) is 5.92 Å². The van der Waals surface area contributed by atoms with Crippen LogP contribution in [0.2, 0.25) is 0 Å². The van der Waals surface area contributed by atoms with E-state index in [0.29, 0.717) is 12.8 Å². The van der Waals surface area contributed by atoms with Gasteiger partial charge in [0.1, 0.15) is 0 Å². The first-order chi connectivity index (χ1) is 10.7. The third-order valence-electron chi connectivity index (χ3n) is 5.38. The number of aliphatic hydroxyl groups excluding tert-OH is 2. The number of hydrogen-bond donors (Lipinski definition) is 2. The van der Waals surface area contributed by atoms with Gasteiger partial charge in [0.25, 0.3) is 0 Å². The molecule has 1 aliphatic heterocycles. The maximum atomic E-state index is 10.5. The van der Waals surface area contributed by atoms with Crippen LogP contribution in [0.3, 0.4) is 0 Å². The van der Waals surface area contributed by atoms with Gasteiger partial charge in [-0.1, -0.05) is 29.9 Å². The van der Waals surface area contributed by atoms with Gasteiger partial charge >= 0.3 is 0 Å². The molecule has 0 aromatic rings. The molecule has 1 heterocycles. The van der Waals surface area contributed by atoms with Crippen molar-refractivity contribution in [2.24, 2.45) is 5.92 Å². The third-order valence-corrected chi connectivity index (χ3v) is 5.38. The Kier molecular flexibility index (Phi) is 5.88. The molecular formula is C20H32O3. The van der Waals surface area contributed by atoms with E-state index in [1.54, 1.807) is 6.08 Å². The molecular weight excluding hydrogens is 288 g/mol. The number of rotatable bonds is 1. The molecule has 3 heteroatoms. The van der Waals surface area contributed by atoms with Crippen molar-refractivity contribution < 1.29 is 14.9 Å². The first kappa shape index (κ1) is 18.4. The predicted molar refractivity (Wildman–Crippen MR) is 94.2 cm³/mol. The Morgan fingerprint density at radius 2 is 2.00 bits per heavy atom. The van der Waals surface area contributed by atoms with Gasteiger partial charge in [-0.05, 0) is 71.3 Å². The molecule has 0 saturated carbocycles. The van der Waals surface area contributed by atoms with E-state index in [9.17, 15) is 10.2 Å².